The van der Waals surface area contributed by atoms with Gasteiger partial charge in [0.05, 0.1) is 12.2 Å². The number of aromatic hydroxyl groups is 1. The van der Waals surface area contributed by atoms with Gasteiger partial charge in [-0.25, -0.2) is 0 Å². The summed E-state index contributed by atoms with van der Waals surface area (Å²) in [6.07, 6.45) is -4.83. The normalized spacial score (nSPS) is 16.3. The Hall–Kier alpha value is -2.05. The van der Waals surface area contributed by atoms with Crippen LogP contribution >= 0.6 is 24.0 Å². The largest absolute Gasteiger partial charge is 0.573 e. The first-order chi connectivity index (χ1) is 12.7. The van der Waals surface area contributed by atoms with Gasteiger partial charge >= 0.3 is 6.36 Å². The summed E-state index contributed by atoms with van der Waals surface area (Å²) in [6, 6.07) is 3.78. The Morgan fingerprint density at radius 3 is 2.67 bits per heavy atom. The average molecular weight is 419 g/mol. The van der Waals surface area contributed by atoms with Crippen LogP contribution in [-0.4, -0.2) is 50.6 Å². The second-order valence-electron chi connectivity index (χ2n) is 5.74. The number of rotatable bonds is 4. The fourth-order valence-corrected chi connectivity index (χ4v) is 3.80. The van der Waals surface area contributed by atoms with Gasteiger partial charge in [-0.05, 0) is 30.4 Å². The summed E-state index contributed by atoms with van der Waals surface area (Å²) in [5.41, 5.74) is 5.78. The molecule has 1 aromatic carbocycles. The highest BCUT2D eigenvalue weighted by Crippen LogP contribution is 2.41. The zero-order valence-electron chi connectivity index (χ0n) is 13.9. The Morgan fingerprint density at radius 1 is 1.33 bits per heavy atom. The highest BCUT2D eigenvalue weighted by Gasteiger charge is 2.31. The zero-order chi connectivity index (χ0) is 19.6. The number of nitrogens with zero attached hydrogens (tertiary/aromatic N) is 4. The van der Waals surface area contributed by atoms with E-state index in [1.807, 2.05) is 11.8 Å². The lowest BCUT2D eigenvalue weighted by molar-refractivity contribution is -0.274. The molecule has 3 rings (SSSR count). The molecule has 1 saturated heterocycles. The lowest BCUT2D eigenvalue weighted by atomic mass is 10.2. The van der Waals surface area contributed by atoms with Crippen molar-refractivity contribution in [3.05, 3.63) is 18.2 Å². The third-order valence-corrected chi connectivity index (χ3v) is 4.93. The second kappa shape index (κ2) is 7.90. The molecule has 2 heterocycles. The number of hydrogen-bond donors (Lipinski definition) is 2. The van der Waals surface area contributed by atoms with Crippen molar-refractivity contribution in [2.24, 2.45) is 16.0 Å². The first kappa shape index (κ1) is 19.7. The number of thiocarbonyl (C=S) groups is 1. The van der Waals surface area contributed by atoms with E-state index < -0.39 is 12.1 Å². The Balaban J connectivity index is 2.06. The number of thioether (sulfide) groups is 1. The van der Waals surface area contributed by atoms with Gasteiger partial charge in [0.15, 0.2) is 5.69 Å². The van der Waals surface area contributed by atoms with Crippen LogP contribution in [0.5, 0.6) is 11.6 Å². The van der Waals surface area contributed by atoms with Crippen LogP contribution in [0.2, 0.25) is 0 Å². The van der Waals surface area contributed by atoms with Gasteiger partial charge in [0.25, 0.3) is 0 Å². The molecular formula is C15H16F3N5O2S2. The van der Waals surface area contributed by atoms with Crippen molar-refractivity contribution < 1.29 is 23.0 Å². The number of halogens is 3. The van der Waals surface area contributed by atoms with E-state index in [9.17, 15) is 18.3 Å². The summed E-state index contributed by atoms with van der Waals surface area (Å²) >= 11 is 6.48. The Kier molecular flexibility index (Phi) is 5.77. The molecule has 0 spiro atoms. The second-order valence-corrected chi connectivity index (χ2v) is 7.38. The van der Waals surface area contributed by atoms with E-state index in [-0.39, 0.29) is 22.1 Å². The number of ether oxygens (including phenoxy) is 1. The number of benzene rings is 1. The minimum absolute atomic E-state index is 0.0168. The molecule has 0 aliphatic carbocycles. The van der Waals surface area contributed by atoms with Crippen molar-refractivity contribution in [2.45, 2.75) is 13.0 Å². The van der Waals surface area contributed by atoms with E-state index in [0.717, 1.165) is 30.7 Å². The van der Waals surface area contributed by atoms with Gasteiger partial charge < -0.3 is 15.6 Å². The molecule has 1 aromatic heterocycles. The highest BCUT2D eigenvalue weighted by atomic mass is 32.2. The van der Waals surface area contributed by atoms with Crippen LogP contribution in [0.25, 0.3) is 10.9 Å². The third-order valence-electron chi connectivity index (χ3n) is 3.91. The predicted octanol–water partition coefficient (Wildman–Crippen LogP) is 3.58. The third kappa shape index (κ3) is 4.82. The number of aromatic nitrogens is 1. The molecule has 0 radical (unpaired) electrons. The molecule has 7 nitrogen and oxygen atoms in total. The quantitative estimate of drug-likeness (QED) is 0.582. The van der Waals surface area contributed by atoms with E-state index in [1.54, 1.807) is 4.57 Å². The monoisotopic (exact) mass is 419 g/mol. The summed E-state index contributed by atoms with van der Waals surface area (Å²) in [5, 5.41) is 18.0. The molecular weight excluding hydrogens is 403 g/mol. The molecule has 0 atom stereocenters. The van der Waals surface area contributed by atoms with Gasteiger partial charge in [0, 0.05) is 30.0 Å². The number of hydrogen-bond acceptors (Lipinski definition) is 6. The van der Waals surface area contributed by atoms with Crippen LogP contribution in [0.4, 0.5) is 18.9 Å². The summed E-state index contributed by atoms with van der Waals surface area (Å²) in [4.78, 5) is 2.13. The lowest BCUT2D eigenvalue weighted by Crippen LogP contribution is -2.34. The number of fused-ring (bicyclic) bond motifs is 1. The number of alkyl halides is 3. The maximum Gasteiger partial charge on any atom is 0.573 e. The Labute approximate surface area is 162 Å². The Morgan fingerprint density at radius 2 is 2.04 bits per heavy atom. The first-order valence-electron chi connectivity index (χ1n) is 7.87. The molecule has 27 heavy (non-hydrogen) atoms. The average Bonchev–Trinajstić information content (AvgIpc) is 2.84. The van der Waals surface area contributed by atoms with E-state index >= 15 is 0 Å². The van der Waals surface area contributed by atoms with Crippen molar-refractivity contribution in [3.63, 3.8) is 0 Å². The maximum atomic E-state index is 12.5. The molecule has 12 heteroatoms. The van der Waals surface area contributed by atoms with Crippen molar-refractivity contribution in [2.75, 3.05) is 24.6 Å². The van der Waals surface area contributed by atoms with Gasteiger partial charge in [-0.15, -0.1) is 23.4 Å². The molecule has 0 unspecified atom stereocenters. The lowest BCUT2D eigenvalue weighted by Gasteiger charge is -2.27. The summed E-state index contributed by atoms with van der Waals surface area (Å²) in [6.45, 7) is 2.04. The van der Waals surface area contributed by atoms with Gasteiger partial charge in [0.2, 0.25) is 11.0 Å². The maximum absolute atomic E-state index is 12.5. The molecule has 1 aliphatic heterocycles. The molecule has 1 fully saturated rings. The minimum atomic E-state index is -4.83. The van der Waals surface area contributed by atoms with Gasteiger partial charge in [0.1, 0.15) is 5.75 Å². The van der Waals surface area contributed by atoms with Crippen LogP contribution in [0, 0.1) is 0 Å². The van der Waals surface area contributed by atoms with E-state index in [2.05, 4.69) is 32.1 Å². The molecule has 146 valence electrons. The molecule has 0 saturated carbocycles. The number of azo groups is 1. The summed E-state index contributed by atoms with van der Waals surface area (Å²) in [5.74, 6) is 1.29. The summed E-state index contributed by atoms with van der Waals surface area (Å²) in [7, 11) is 0. The molecule has 0 bridgehead atoms. The van der Waals surface area contributed by atoms with Crippen molar-refractivity contribution in [1.29, 1.82) is 0 Å². The molecule has 2 aromatic rings. The first-order valence-corrected chi connectivity index (χ1v) is 9.43. The van der Waals surface area contributed by atoms with Gasteiger partial charge in [-0.2, -0.15) is 11.8 Å². The van der Waals surface area contributed by atoms with Gasteiger partial charge in [-0.3, -0.25) is 9.47 Å². The van der Waals surface area contributed by atoms with Crippen molar-refractivity contribution >= 4 is 45.7 Å². The molecule has 0 amide bonds. The summed E-state index contributed by atoms with van der Waals surface area (Å²) < 4.78 is 43.1. The smallest absolute Gasteiger partial charge is 0.493 e. The van der Waals surface area contributed by atoms with Gasteiger partial charge in [-0.1, -0.05) is 0 Å². The minimum Gasteiger partial charge on any atom is -0.493 e. The fraction of sp³-hybridized carbons (Fsp3) is 0.400. The van der Waals surface area contributed by atoms with Crippen molar-refractivity contribution in [1.82, 2.24) is 9.47 Å². The van der Waals surface area contributed by atoms with Crippen LogP contribution < -0.4 is 10.5 Å². The van der Waals surface area contributed by atoms with E-state index in [0.29, 0.717) is 12.2 Å². The van der Waals surface area contributed by atoms with Crippen LogP contribution in [0.3, 0.4) is 0 Å². The van der Waals surface area contributed by atoms with Crippen molar-refractivity contribution in [3.8, 4) is 11.6 Å². The number of nitrogens with two attached hydrogens (primary N) is 1. The Bertz CT molecular complexity index is 878. The van der Waals surface area contributed by atoms with Crippen LogP contribution in [-0.2, 0) is 6.67 Å². The van der Waals surface area contributed by atoms with E-state index in [1.165, 1.54) is 12.1 Å². The fourth-order valence-electron chi connectivity index (χ4n) is 2.78. The predicted molar refractivity (Wildman–Crippen MR) is 100 cm³/mol. The van der Waals surface area contributed by atoms with E-state index in [4.69, 9.17) is 5.73 Å². The zero-order valence-corrected chi connectivity index (χ0v) is 15.6. The molecule has 1 aliphatic rings. The SMILES string of the molecule is NC(=S)N=Nc1c(O)n(CN2CCSCC2)c2ccc(OC(F)(F)F)cc12. The topological polar surface area (TPSA) is 88.4 Å². The highest BCUT2D eigenvalue weighted by molar-refractivity contribution is 7.99. The van der Waals surface area contributed by atoms with Crippen LogP contribution in [0.1, 0.15) is 0 Å². The standard InChI is InChI=1S/C15H16F3N5O2S2/c16-15(17,18)25-9-1-2-11-10(7-9)12(20-21-14(19)26)13(24)23(11)8-22-3-5-27-6-4-22/h1-2,7,24H,3-6,8H2,(H2,19,26). The van der Waals surface area contributed by atoms with Crippen LogP contribution in [0.15, 0.2) is 28.4 Å². The molecule has 3 N–H and O–H groups in total.